The molecule has 1 aromatic heterocycles. The van der Waals surface area contributed by atoms with Gasteiger partial charge in [0.15, 0.2) is 0 Å². The molecule has 0 aliphatic heterocycles. The lowest BCUT2D eigenvalue weighted by Crippen LogP contribution is -2.18. The molecule has 2 aromatic carbocycles. The van der Waals surface area contributed by atoms with Crippen LogP contribution in [0, 0.1) is 0 Å². The summed E-state index contributed by atoms with van der Waals surface area (Å²) >= 11 is 1.83. The topological polar surface area (TPSA) is 43.8 Å². The van der Waals surface area contributed by atoms with Gasteiger partial charge in [0.1, 0.15) is 5.82 Å². The minimum atomic E-state index is -0.00868. The lowest BCUT2D eigenvalue weighted by molar-refractivity contribution is 0.584. The highest BCUT2D eigenvalue weighted by atomic mass is 32.2. The van der Waals surface area contributed by atoms with E-state index >= 15 is 0 Å². The first kappa shape index (κ1) is 16.1. The van der Waals surface area contributed by atoms with E-state index in [1.54, 1.807) is 0 Å². The van der Waals surface area contributed by atoms with Crippen molar-refractivity contribution < 1.29 is 0 Å². The molecular weight excluding hydrogens is 302 g/mol. The molecule has 0 saturated carbocycles. The number of imidazole rings is 1. The summed E-state index contributed by atoms with van der Waals surface area (Å²) in [6, 6.07) is 18.9. The van der Waals surface area contributed by atoms with Crippen molar-refractivity contribution in [3.8, 4) is 0 Å². The molecule has 3 rings (SSSR count). The van der Waals surface area contributed by atoms with Crippen LogP contribution < -0.4 is 5.73 Å². The Labute approximate surface area is 141 Å². The zero-order valence-corrected chi connectivity index (χ0v) is 14.3. The summed E-state index contributed by atoms with van der Waals surface area (Å²) in [5.74, 6) is 2.07. The summed E-state index contributed by atoms with van der Waals surface area (Å²) < 4.78 is 2.30. The number of thioether (sulfide) groups is 1. The molecule has 0 bridgehead atoms. The highest BCUT2D eigenvalue weighted by Gasteiger charge is 2.16. The van der Waals surface area contributed by atoms with Gasteiger partial charge in [0.05, 0.1) is 17.1 Å². The minimum Gasteiger partial charge on any atom is -0.326 e. The number of hydrogen-bond acceptors (Lipinski definition) is 3. The molecule has 0 amide bonds. The molecule has 3 nitrogen and oxygen atoms in total. The molecule has 0 spiro atoms. The molecule has 0 saturated heterocycles. The maximum absolute atomic E-state index is 6.42. The standard InChI is InChI=1S/C19H23N3S/c1-23-14-12-16(20)19-21-17-9-5-6-10-18(17)22(19)13-11-15-7-3-2-4-8-15/h2-10,16H,11-14,20H2,1H3. The van der Waals surface area contributed by atoms with Crippen molar-refractivity contribution >= 4 is 22.8 Å². The SMILES string of the molecule is CSCCC(N)c1nc2ccccc2n1CCc1ccccc1. The van der Waals surface area contributed by atoms with Crippen molar-refractivity contribution in [1.29, 1.82) is 0 Å². The Balaban J connectivity index is 1.89. The third-order valence-corrected chi connectivity index (χ3v) is 4.76. The number of fused-ring (bicyclic) bond motifs is 1. The maximum Gasteiger partial charge on any atom is 0.126 e. The Morgan fingerprint density at radius 3 is 2.61 bits per heavy atom. The maximum atomic E-state index is 6.42. The van der Waals surface area contributed by atoms with Crippen LogP contribution in [0.15, 0.2) is 54.6 Å². The summed E-state index contributed by atoms with van der Waals surface area (Å²) in [4.78, 5) is 4.81. The summed E-state index contributed by atoms with van der Waals surface area (Å²) in [6.07, 6.45) is 4.06. The highest BCUT2D eigenvalue weighted by molar-refractivity contribution is 7.98. The fourth-order valence-corrected chi connectivity index (χ4v) is 3.36. The van der Waals surface area contributed by atoms with Crippen LogP contribution in [0.25, 0.3) is 11.0 Å². The molecule has 1 atom stereocenters. The first-order chi connectivity index (χ1) is 11.3. The van der Waals surface area contributed by atoms with Crippen molar-refractivity contribution in [2.75, 3.05) is 12.0 Å². The normalized spacial score (nSPS) is 12.6. The molecule has 120 valence electrons. The van der Waals surface area contributed by atoms with E-state index in [1.165, 1.54) is 11.1 Å². The zero-order valence-electron chi connectivity index (χ0n) is 13.5. The van der Waals surface area contributed by atoms with Crippen LogP contribution in [0.4, 0.5) is 0 Å². The van der Waals surface area contributed by atoms with Gasteiger partial charge in [-0.1, -0.05) is 42.5 Å². The van der Waals surface area contributed by atoms with Crippen LogP contribution in [0.1, 0.15) is 23.9 Å². The largest absolute Gasteiger partial charge is 0.326 e. The van der Waals surface area contributed by atoms with E-state index in [1.807, 2.05) is 17.8 Å². The minimum absolute atomic E-state index is 0.00868. The average molecular weight is 325 g/mol. The fourth-order valence-electron chi connectivity index (χ4n) is 2.87. The van der Waals surface area contributed by atoms with Gasteiger partial charge in [-0.25, -0.2) is 4.98 Å². The number of aromatic nitrogens is 2. The van der Waals surface area contributed by atoms with Gasteiger partial charge in [-0.05, 0) is 42.5 Å². The number of hydrogen-bond donors (Lipinski definition) is 1. The number of rotatable bonds is 7. The third-order valence-electron chi connectivity index (χ3n) is 4.12. The van der Waals surface area contributed by atoms with Crippen molar-refractivity contribution in [3.05, 3.63) is 66.0 Å². The first-order valence-corrected chi connectivity index (χ1v) is 9.42. The lowest BCUT2D eigenvalue weighted by atomic mass is 10.1. The zero-order chi connectivity index (χ0) is 16.1. The summed E-state index contributed by atoms with van der Waals surface area (Å²) in [5.41, 5.74) is 9.98. The van der Waals surface area contributed by atoms with Crippen LogP contribution in [0.5, 0.6) is 0 Å². The Hall–Kier alpha value is -1.78. The van der Waals surface area contributed by atoms with Gasteiger partial charge in [0.25, 0.3) is 0 Å². The third kappa shape index (κ3) is 3.77. The van der Waals surface area contributed by atoms with E-state index < -0.39 is 0 Å². The molecule has 2 N–H and O–H groups in total. The van der Waals surface area contributed by atoms with Gasteiger partial charge in [-0.15, -0.1) is 0 Å². The van der Waals surface area contributed by atoms with Crippen LogP contribution >= 0.6 is 11.8 Å². The van der Waals surface area contributed by atoms with Gasteiger partial charge in [-0.2, -0.15) is 11.8 Å². The molecule has 0 aliphatic carbocycles. The highest BCUT2D eigenvalue weighted by Crippen LogP contribution is 2.23. The van der Waals surface area contributed by atoms with Crippen molar-refractivity contribution in [3.63, 3.8) is 0 Å². The first-order valence-electron chi connectivity index (χ1n) is 8.03. The number of nitrogens with two attached hydrogens (primary N) is 1. The molecule has 4 heteroatoms. The fraction of sp³-hybridized carbons (Fsp3) is 0.316. The second kappa shape index (κ2) is 7.66. The van der Waals surface area contributed by atoms with Gasteiger partial charge in [-0.3, -0.25) is 0 Å². The molecule has 1 heterocycles. The molecule has 0 aliphatic rings. The van der Waals surface area contributed by atoms with E-state index in [-0.39, 0.29) is 6.04 Å². The lowest BCUT2D eigenvalue weighted by Gasteiger charge is -2.14. The van der Waals surface area contributed by atoms with Crippen LogP contribution in [-0.4, -0.2) is 21.6 Å². The molecule has 0 radical (unpaired) electrons. The Morgan fingerprint density at radius 1 is 1.09 bits per heavy atom. The summed E-state index contributed by atoms with van der Waals surface area (Å²) in [5, 5.41) is 0. The number of aryl methyl sites for hydroxylation is 2. The van der Waals surface area contributed by atoms with Crippen LogP contribution in [0.3, 0.4) is 0 Å². The van der Waals surface area contributed by atoms with Crippen molar-refractivity contribution in [1.82, 2.24) is 9.55 Å². The molecule has 3 aromatic rings. The monoisotopic (exact) mass is 325 g/mol. The van der Waals surface area contributed by atoms with Gasteiger partial charge in [0, 0.05) is 6.54 Å². The second-order valence-corrected chi connectivity index (χ2v) is 6.72. The van der Waals surface area contributed by atoms with Crippen molar-refractivity contribution in [2.24, 2.45) is 5.73 Å². The Kier molecular flexibility index (Phi) is 5.36. The van der Waals surface area contributed by atoms with E-state index in [9.17, 15) is 0 Å². The number of nitrogens with zero attached hydrogens (tertiary/aromatic N) is 2. The van der Waals surface area contributed by atoms with E-state index in [0.29, 0.717) is 0 Å². The predicted molar refractivity (Wildman–Crippen MR) is 99.8 cm³/mol. The molecule has 23 heavy (non-hydrogen) atoms. The van der Waals surface area contributed by atoms with Crippen LogP contribution in [0.2, 0.25) is 0 Å². The van der Waals surface area contributed by atoms with Gasteiger partial charge in [0.2, 0.25) is 0 Å². The molecular formula is C19H23N3S. The van der Waals surface area contributed by atoms with Crippen molar-refractivity contribution in [2.45, 2.75) is 25.4 Å². The van der Waals surface area contributed by atoms with Gasteiger partial charge >= 0.3 is 0 Å². The van der Waals surface area contributed by atoms with Crippen LogP contribution in [-0.2, 0) is 13.0 Å². The average Bonchev–Trinajstić information content (AvgIpc) is 2.97. The van der Waals surface area contributed by atoms with E-state index in [4.69, 9.17) is 10.7 Å². The smallest absolute Gasteiger partial charge is 0.126 e. The second-order valence-electron chi connectivity index (χ2n) is 5.73. The van der Waals surface area contributed by atoms with E-state index in [0.717, 1.165) is 36.5 Å². The summed E-state index contributed by atoms with van der Waals surface area (Å²) in [7, 11) is 0. The quantitative estimate of drug-likeness (QED) is 0.713. The van der Waals surface area contributed by atoms with Gasteiger partial charge < -0.3 is 10.3 Å². The Bertz CT molecular complexity index is 752. The molecule has 1 unspecified atom stereocenters. The predicted octanol–water partition coefficient (Wildman–Crippen LogP) is 4.03. The number of benzene rings is 2. The molecule has 0 fully saturated rings. The van der Waals surface area contributed by atoms with E-state index in [2.05, 4.69) is 59.4 Å². The number of para-hydroxylation sites is 2. The summed E-state index contributed by atoms with van der Waals surface area (Å²) in [6.45, 7) is 0.910. The Morgan fingerprint density at radius 2 is 1.83 bits per heavy atom.